The van der Waals surface area contributed by atoms with Crippen molar-refractivity contribution in [3.63, 3.8) is 0 Å². The van der Waals surface area contributed by atoms with Crippen LogP contribution in [0.5, 0.6) is 6.01 Å². The first-order valence-electron chi connectivity index (χ1n) is 8.84. The van der Waals surface area contributed by atoms with Crippen LogP contribution in [0.2, 0.25) is 5.02 Å². The number of nitrogens with one attached hydrogen (secondary N) is 1. The van der Waals surface area contributed by atoms with E-state index in [0.29, 0.717) is 24.8 Å². The van der Waals surface area contributed by atoms with E-state index < -0.39 is 4.92 Å². The molecule has 4 rings (SSSR count). The second-order valence-electron chi connectivity index (χ2n) is 6.40. The highest BCUT2D eigenvalue weighted by atomic mass is 35.5. The molecular formula is C18H18ClN5O4. The topological polar surface area (TPSA) is 104 Å². The summed E-state index contributed by atoms with van der Waals surface area (Å²) in [4.78, 5) is 18.4. The SMILES string of the molecule is O=[N+]([O-])c1cn2c(n1)OC[C@@H](OCCCNc1ccnc3cc(Cl)ccc13)C2. The average molecular weight is 404 g/mol. The number of fused-ring (bicyclic) bond motifs is 2. The van der Waals surface area contributed by atoms with Gasteiger partial charge in [0.05, 0.1) is 12.1 Å². The molecule has 1 aromatic carbocycles. The lowest BCUT2D eigenvalue weighted by Gasteiger charge is -2.22. The highest BCUT2D eigenvalue weighted by Gasteiger charge is 2.28. The smallest absolute Gasteiger partial charge is 0.414 e. The van der Waals surface area contributed by atoms with Gasteiger partial charge in [0.1, 0.15) is 18.9 Å². The zero-order chi connectivity index (χ0) is 19.5. The van der Waals surface area contributed by atoms with Crippen LogP contribution in [0, 0.1) is 10.1 Å². The van der Waals surface area contributed by atoms with Crippen LogP contribution in [-0.2, 0) is 11.3 Å². The molecule has 1 aliphatic rings. The number of ether oxygens (including phenoxy) is 2. The molecule has 1 aliphatic heterocycles. The largest absolute Gasteiger partial charge is 0.443 e. The third-order valence-electron chi connectivity index (χ3n) is 4.41. The molecule has 146 valence electrons. The van der Waals surface area contributed by atoms with Crippen molar-refractivity contribution in [2.24, 2.45) is 0 Å². The van der Waals surface area contributed by atoms with E-state index in [4.69, 9.17) is 21.1 Å². The first-order chi connectivity index (χ1) is 13.6. The molecule has 28 heavy (non-hydrogen) atoms. The maximum atomic E-state index is 10.8. The third kappa shape index (κ3) is 4.00. The van der Waals surface area contributed by atoms with Crippen molar-refractivity contribution in [3.8, 4) is 6.01 Å². The van der Waals surface area contributed by atoms with Crippen LogP contribution in [0.3, 0.4) is 0 Å². The number of pyridine rings is 1. The van der Waals surface area contributed by atoms with Gasteiger partial charge in [0.2, 0.25) is 0 Å². The Hall–Kier alpha value is -2.91. The lowest BCUT2D eigenvalue weighted by atomic mass is 10.2. The number of halogens is 1. The number of rotatable bonds is 7. The Labute approximate surface area is 165 Å². The zero-order valence-electron chi connectivity index (χ0n) is 14.9. The number of anilines is 1. The Morgan fingerprint density at radius 3 is 3.18 bits per heavy atom. The second-order valence-corrected chi connectivity index (χ2v) is 6.83. The van der Waals surface area contributed by atoms with E-state index in [1.54, 1.807) is 10.8 Å². The Kier molecular flexibility index (Phi) is 5.27. The molecule has 0 aliphatic carbocycles. The van der Waals surface area contributed by atoms with Crippen LogP contribution in [0.25, 0.3) is 10.9 Å². The monoisotopic (exact) mass is 403 g/mol. The Balaban J connectivity index is 1.25. The minimum Gasteiger partial charge on any atom is -0.443 e. The van der Waals surface area contributed by atoms with Gasteiger partial charge in [0, 0.05) is 40.4 Å². The average Bonchev–Trinajstić information content (AvgIpc) is 3.11. The molecule has 3 aromatic rings. The summed E-state index contributed by atoms with van der Waals surface area (Å²) in [5.74, 6) is -0.217. The van der Waals surface area contributed by atoms with Gasteiger partial charge >= 0.3 is 11.8 Å². The fourth-order valence-electron chi connectivity index (χ4n) is 3.08. The maximum Gasteiger partial charge on any atom is 0.414 e. The predicted octanol–water partition coefficient (Wildman–Crippen LogP) is 3.27. The number of nitro groups is 1. The number of hydrogen-bond acceptors (Lipinski definition) is 7. The van der Waals surface area contributed by atoms with Crippen molar-refractivity contribution < 1.29 is 14.4 Å². The lowest BCUT2D eigenvalue weighted by molar-refractivity contribution is -0.389. The standard InChI is InChI=1S/C18H18ClN5O4/c19-12-2-3-14-15(4-6-21-16(14)8-12)20-5-1-7-27-13-9-23-10-17(24(25)26)22-18(23)28-11-13/h2-4,6,8,10,13H,1,5,7,9,11H2,(H,20,21)/t13-/m0/s1. The van der Waals surface area contributed by atoms with Crippen LogP contribution >= 0.6 is 11.6 Å². The van der Waals surface area contributed by atoms with Crippen molar-refractivity contribution in [1.82, 2.24) is 14.5 Å². The Bertz CT molecular complexity index is 1010. The van der Waals surface area contributed by atoms with Gasteiger partial charge in [-0.1, -0.05) is 11.6 Å². The quantitative estimate of drug-likeness (QED) is 0.366. The van der Waals surface area contributed by atoms with E-state index >= 15 is 0 Å². The molecule has 2 aromatic heterocycles. The van der Waals surface area contributed by atoms with Crippen molar-refractivity contribution >= 4 is 34.0 Å². The minimum absolute atomic E-state index is 0.162. The van der Waals surface area contributed by atoms with Crippen LogP contribution in [0.1, 0.15) is 6.42 Å². The fraction of sp³-hybridized carbons (Fsp3) is 0.333. The summed E-state index contributed by atoms with van der Waals surface area (Å²) in [6.45, 7) is 2.09. The van der Waals surface area contributed by atoms with Gasteiger partial charge in [0.15, 0.2) is 0 Å². The molecule has 10 heteroatoms. The van der Waals surface area contributed by atoms with E-state index in [1.807, 2.05) is 24.3 Å². The minimum atomic E-state index is -0.535. The van der Waals surface area contributed by atoms with Gasteiger partial charge in [0.25, 0.3) is 0 Å². The number of aromatic nitrogens is 3. The zero-order valence-corrected chi connectivity index (χ0v) is 15.6. The second kappa shape index (κ2) is 7.99. The van der Waals surface area contributed by atoms with Crippen LogP contribution in [-0.4, -0.2) is 45.3 Å². The van der Waals surface area contributed by atoms with Crippen LogP contribution < -0.4 is 10.1 Å². The first kappa shape index (κ1) is 18.5. The van der Waals surface area contributed by atoms with Crippen molar-refractivity contribution in [3.05, 3.63) is 51.8 Å². The van der Waals surface area contributed by atoms with E-state index in [1.165, 1.54) is 6.20 Å². The lowest BCUT2D eigenvalue weighted by Crippen LogP contribution is -2.32. The summed E-state index contributed by atoms with van der Waals surface area (Å²) < 4.78 is 12.9. The molecule has 0 radical (unpaired) electrons. The molecule has 0 spiro atoms. The van der Waals surface area contributed by atoms with Crippen molar-refractivity contribution in [1.29, 1.82) is 0 Å². The fourth-order valence-corrected chi connectivity index (χ4v) is 3.25. The van der Waals surface area contributed by atoms with Gasteiger partial charge < -0.3 is 24.9 Å². The summed E-state index contributed by atoms with van der Waals surface area (Å²) in [5, 5.41) is 15.9. The van der Waals surface area contributed by atoms with E-state index in [-0.39, 0.29) is 17.9 Å². The van der Waals surface area contributed by atoms with Crippen LogP contribution in [0.4, 0.5) is 11.5 Å². The molecule has 1 N–H and O–H groups in total. The molecule has 0 amide bonds. The van der Waals surface area contributed by atoms with Gasteiger partial charge in [-0.3, -0.25) is 9.55 Å². The predicted molar refractivity (Wildman–Crippen MR) is 104 cm³/mol. The molecule has 0 unspecified atom stereocenters. The normalized spacial score (nSPS) is 15.8. The number of imidazole rings is 1. The highest BCUT2D eigenvalue weighted by molar-refractivity contribution is 6.31. The maximum absolute atomic E-state index is 10.8. The van der Waals surface area contributed by atoms with Crippen molar-refractivity contribution in [2.45, 2.75) is 19.1 Å². The van der Waals surface area contributed by atoms with Gasteiger partial charge in [-0.15, -0.1) is 0 Å². The summed E-state index contributed by atoms with van der Waals surface area (Å²) in [5.41, 5.74) is 1.84. The van der Waals surface area contributed by atoms with E-state index in [2.05, 4.69) is 15.3 Å². The molecule has 0 saturated carbocycles. The molecule has 0 fully saturated rings. The van der Waals surface area contributed by atoms with Gasteiger partial charge in [-0.25, -0.2) is 0 Å². The molecule has 3 heterocycles. The molecule has 9 nitrogen and oxygen atoms in total. The Morgan fingerprint density at radius 2 is 2.32 bits per heavy atom. The first-order valence-corrected chi connectivity index (χ1v) is 9.22. The van der Waals surface area contributed by atoms with E-state index in [9.17, 15) is 10.1 Å². The van der Waals surface area contributed by atoms with E-state index in [0.717, 1.165) is 29.6 Å². The van der Waals surface area contributed by atoms with Crippen LogP contribution in [0.15, 0.2) is 36.7 Å². The number of hydrogen-bond donors (Lipinski definition) is 1. The van der Waals surface area contributed by atoms with Crippen molar-refractivity contribution in [2.75, 3.05) is 25.1 Å². The van der Waals surface area contributed by atoms with Gasteiger partial charge in [-0.05, 0) is 35.6 Å². The summed E-state index contributed by atoms with van der Waals surface area (Å²) >= 11 is 6.01. The number of benzene rings is 1. The van der Waals surface area contributed by atoms with Gasteiger partial charge in [-0.2, -0.15) is 0 Å². The molecular weight excluding hydrogens is 386 g/mol. The number of nitrogens with zero attached hydrogens (tertiary/aromatic N) is 4. The summed E-state index contributed by atoms with van der Waals surface area (Å²) in [6, 6.07) is 7.82. The highest BCUT2D eigenvalue weighted by Crippen LogP contribution is 2.25. The summed E-state index contributed by atoms with van der Waals surface area (Å²) in [7, 11) is 0. The summed E-state index contributed by atoms with van der Waals surface area (Å²) in [6.07, 6.45) is 3.75. The molecule has 0 bridgehead atoms. The molecule has 0 saturated heterocycles. The third-order valence-corrected chi connectivity index (χ3v) is 4.64. The molecule has 1 atom stereocenters. The Morgan fingerprint density at radius 1 is 1.43 bits per heavy atom.